The van der Waals surface area contributed by atoms with Crippen LogP contribution in [0.5, 0.6) is 0 Å². The van der Waals surface area contributed by atoms with E-state index in [1.165, 1.54) is 0 Å². The van der Waals surface area contributed by atoms with Gasteiger partial charge in [-0.05, 0) is 32.3 Å². The van der Waals surface area contributed by atoms with Crippen LogP contribution in [0.4, 0.5) is 0 Å². The summed E-state index contributed by atoms with van der Waals surface area (Å²) in [5.74, 6) is -0.870. The van der Waals surface area contributed by atoms with E-state index in [4.69, 9.17) is 9.47 Å². The molecule has 0 aliphatic carbocycles. The summed E-state index contributed by atoms with van der Waals surface area (Å²) in [5, 5.41) is 9.43. The summed E-state index contributed by atoms with van der Waals surface area (Å²) in [6, 6.07) is 0. The smallest absolute Gasteiger partial charge is 0.338 e. The summed E-state index contributed by atoms with van der Waals surface area (Å²) < 4.78 is 10.2. The average Bonchev–Trinajstić information content (AvgIpc) is 2.81. The van der Waals surface area contributed by atoms with Gasteiger partial charge in [0.25, 0.3) is 0 Å². The molecule has 0 aromatic carbocycles. The van der Waals surface area contributed by atoms with Crippen molar-refractivity contribution in [3.05, 3.63) is 23.3 Å². The molecule has 0 aromatic rings. The van der Waals surface area contributed by atoms with E-state index in [-0.39, 0.29) is 5.97 Å². The van der Waals surface area contributed by atoms with Gasteiger partial charge in [-0.3, -0.25) is 0 Å². The lowest BCUT2D eigenvalue weighted by molar-refractivity contribution is -0.152. The van der Waals surface area contributed by atoms with Gasteiger partial charge in [-0.15, -0.1) is 0 Å². The molecule has 0 amide bonds. The molecule has 19 heavy (non-hydrogen) atoms. The third-order valence-electron chi connectivity index (χ3n) is 3.51. The number of esters is 2. The minimum Gasteiger partial charge on any atom is -0.458 e. The van der Waals surface area contributed by atoms with Crippen molar-refractivity contribution < 1.29 is 24.2 Å². The Morgan fingerprint density at radius 2 is 2.21 bits per heavy atom. The molecule has 2 atom stereocenters. The summed E-state index contributed by atoms with van der Waals surface area (Å²) in [6.45, 7) is 3.94. The maximum atomic E-state index is 11.5. The van der Waals surface area contributed by atoms with E-state index in [1.807, 2.05) is 6.92 Å². The van der Waals surface area contributed by atoms with Gasteiger partial charge in [0.15, 0.2) is 6.10 Å². The number of aliphatic hydroxyl groups is 1. The normalized spacial score (nSPS) is 31.2. The van der Waals surface area contributed by atoms with E-state index in [0.29, 0.717) is 31.4 Å². The van der Waals surface area contributed by atoms with Crippen molar-refractivity contribution in [3.63, 3.8) is 0 Å². The molecule has 0 radical (unpaired) electrons. The molecular weight excluding hydrogens is 248 g/mol. The van der Waals surface area contributed by atoms with Crippen molar-refractivity contribution in [1.29, 1.82) is 0 Å². The van der Waals surface area contributed by atoms with Crippen molar-refractivity contribution in [2.24, 2.45) is 0 Å². The van der Waals surface area contributed by atoms with E-state index < -0.39 is 17.7 Å². The zero-order valence-electron chi connectivity index (χ0n) is 11.1. The van der Waals surface area contributed by atoms with E-state index in [1.54, 1.807) is 19.1 Å². The number of carbonyl (C=O) groups excluding carboxylic acids is 2. The minimum atomic E-state index is -1.03. The first-order chi connectivity index (χ1) is 8.95. The van der Waals surface area contributed by atoms with Crippen LogP contribution in [0.2, 0.25) is 0 Å². The molecule has 0 unspecified atom stereocenters. The maximum Gasteiger partial charge on any atom is 0.338 e. The van der Waals surface area contributed by atoms with Crippen molar-refractivity contribution in [2.45, 2.75) is 44.8 Å². The highest BCUT2D eigenvalue weighted by Gasteiger charge is 2.42. The molecule has 5 nitrogen and oxygen atoms in total. The molecule has 0 aromatic heterocycles. The molecule has 104 valence electrons. The molecule has 0 bridgehead atoms. The SMILES string of the molecule is CC=CC1=C(CC[C@]2(C)C[C@@H](O)C(=O)O2)COC1=O. The molecular formula is C14H18O5. The van der Waals surface area contributed by atoms with Crippen molar-refractivity contribution in [2.75, 3.05) is 6.61 Å². The summed E-state index contributed by atoms with van der Waals surface area (Å²) >= 11 is 0. The Morgan fingerprint density at radius 3 is 2.79 bits per heavy atom. The van der Waals surface area contributed by atoms with Gasteiger partial charge in [0, 0.05) is 6.42 Å². The molecule has 5 heteroatoms. The lowest BCUT2D eigenvalue weighted by Gasteiger charge is -2.22. The van der Waals surface area contributed by atoms with Gasteiger partial charge < -0.3 is 14.6 Å². The fourth-order valence-electron chi connectivity index (χ4n) is 2.43. The van der Waals surface area contributed by atoms with Gasteiger partial charge in [0.05, 0.1) is 5.57 Å². The molecule has 0 saturated carbocycles. The van der Waals surface area contributed by atoms with Crippen LogP contribution >= 0.6 is 0 Å². The average molecular weight is 266 g/mol. The molecule has 2 aliphatic heterocycles. The van der Waals surface area contributed by atoms with Crippen LogP contribution in [0.25, 0.3) is 0 Å². The zero-order chi connectivity index (χ0) is 14.0. The Kier molecular flexibility index (Phi) is 3.75. The van der Waals surface area contributed by atoms with Crippen molar-refractivity contribution in [3.8, 4) is 0 Å². The highest BCUT2D eigenvalue weighted by molar-refractivity contribution is 5.94. The molecule has 2 rings (SSSR count). The van der Waals surface area contributed by atoms with Crippen molar-refractivity contribution in [1.82, 2.24) is 0 Å². The van der Waals surface area contributed by atoms with Crippen LogP contribution in [0, 0.1) is 0 Å². The monoisotopic (exact) mass is 266 g/mol. The molecule has 2 aliphatic rings. The molecule has 2 heterocycles. The van der Waals surface area contributed by atoms with Gasteiger partial charge in [-0.25, -0.2) is 9.59 Å². The maximum absolute atomic E-state index is 11.5. The fourth-order valence-corrected chi connectivity index (χ4v) is 2.43. The first kappa shape index (κ1) is 13.8. The topological polar surface area (TPSA) is 72.8 Å². The lowest BCUT2D eigenvalue weighted by Crippen LogP contribution is -2.24. The van der Waals surface area contributed by atoms with Crippen LogP contribution in [-0.2, 0) is 19.1 Å². The highest BCUT2D eigenvalue weighted by atomic mass is 16.6. The van der Waals surface area contributed by atoms with Crippen LogP contribution < -0.4 is 0 Å². The van der Waals surface area contributed by atoms with Gasteiger partial charge in [0.1, 0.15) is 12.2 Å². The van der Waals surface area contributed by atoms with Gasteiger partial charge in [0.2, 0.25) is 0 Å². The first-order valence-electron chi connectivity index (χ1n) is 6.38. The standard InChI is InChI=1S/C14H18O5/c1-3-4-10-9(8-18-12(10)16)5-6-14(2)7-11(15)13(17)19-14/h3-4,11,15H,5-8H2,1-2H3/t11-,14-/m1/s1. The second-order valence-corrected chi connectivity index (χ2v) is 5.18. The van der Waals surface area contributed by atoms with Crippen LogP contribution in [0.1, 0.15) is 33.1 Å². The van der Waals surface area contributed by atoms with E-state index >= 15 is 0 Å². The number of rotatable bonds is 4. The second-order valence-electron chi connectivity index (χ2n) is 5.18. The molecule has 1 saturated heterocycles. The number of allylic oxidation sites excluding steroid dienone is 1. The third kappa shape index (κ3) is 2.87. The second kappa shape index (κ2) is 5.17. The van der Waals surface area contributed by atoms with Gasteiger partial charge in [-0.2, -0.15) is 0 Å². The van der Waals surface area contributed by atoms with E-state index in [9.17, 15) is 14.7 Å². The molecule has 1 fully saturated rings. The molecule has 0 spiro atoms. The van der Waals surface area contributed by atoms with Gasteiger partial charge in [-0.1, -0.05) is 12.2 Å². The Balaban J connectivity index is 2.03. The summed E-state index contributed by atoms with van der Waals surface area (Å²) in [7, 11) is 0. The van der Waals surface area contributed by atoms with Gasteiger partial charge >= 0.3 is 11.9 Å². The summed E-state index contributed by atoms with van der Waals surface area (Å²) in [4.78, 5) is 22.7. The highest BCUT2D eigenvalue weighted by Crippen LogP contribution is 2.33. The zero-order valence-corrected chi connectivity index (χ0v) is 11.1. The Labute approximate surface area is 111 Å². The Hall–Kier alpha value is -1.62. The lowest BCUT2D eigenvalue weighted by atomic mass is 9.92. The number of hydrogen-bond acceptors (Lipinski definition) is 5. The fraction of sp³-hybridized carbons (Fsp3) is 0.571. The van der Waals surface area contributed by atoms with Crippen molar-refractivity contribution >= 4 is 11.9 Å². The first-order valence-corrected chi connectivity index (χ1v) is 6.38. The third-order valence-corrected chi connectivity index (χ3v) is 3.51. The van der Waals surface area contributed by atoms with Crippen LogP contribution in [0.15, 0.2) is 23.3 Å². The molecule has 1 N–H and O–H groups in total. The number of carbonyl (C=O) groups is 2. The minimum absolute atomic E-state index is 0.297. The largest absolute Gasteiger partial charge is 0.458 e. The number of aliphatic hydroxyl groups excluding tert-OH is 1. The van der Waals surface area contributed by atoms with Crippen LogP contribution in [0.3, 0.4) is 0 Å². The number of hydrogen-bond donors (Lipinski definition) is 1. The summed E-state index contributed by atoms with van der Waals surface area (Å²) in [6.07, 6.45) is 3.98. The summed E-state index contributed by atoms with van der Waals surface area (Å²) in [5.41, 5.74) is 0.855. The number of ether oxygens (including phenoxy) is 2. The Morgan fingerprint density at radius 1 is 1.47 bits per heavy atom. The predicted molar refractivity (Wildman–Crippen MR) is 67.2 cm³/mol. The van der Waals surface area contributed by atoms with E-state index in [2.05, 4.69) is 0 Å². The van der Waals surface area contributed by atoms with E-state index in [0.717, 1.165) is 5.57 Å². The quantitative estimate of drug-likeness (QED) is 0.776. The Bertz CT molecular complexity index is 462. The predicted octanol–water partition coefficient (Wildman–Crippen LogP) is 1.26. The van der Waals surface area contributed by atoms with Crippen LogP contribution in [-0.4, -0.2) is 35.4 Å². The number of cyclic esters (lactones) is 2.